The first-order valence-electron chi connectivity index (χ1n) is 6.10. The highest BCUT2D eigenvalue weighted by Gasteiger charge is 1.99. The van der Waals surface area contributed by atoms with Crippen molar-refractivity contribution in [1.82, 2.24) is 14.4 Å². The van der Waals surface area contributed by atoms with Crippen molar-refractivity contribution in [2.75, 3.05) is 0 Å². The number of benzene rings is 1. The zero-order valence-electron chi connectivity index (χ0n) is 10.9. The van der Waals surface area contributed by atoms with Gasteiger partial charge in [-0.2, -0.15) is 0 Å². The molecule has 0 spiro atoms. The largest absolute Gasteiger partial charge is 0.290 e. The summed E-state index contributed by atoms with van der Waals surface area (Å²) in [7, 11) is 0. The lowest BCUT2D eigenvalue weighted by atomic mass is 10.1. The molecule has 2 aromatic heterocycles. The number of nitrogens with zero attached hydrogens (tertiary/aromatic N) is 3. The van der Waals surface area contributed by atoms with Gasteiger partial charge in [0.15, 0.2) is 5.65 Å². The Morgan fingerprint density at radius 3 is 2.89 bits per heavy atom. The van der Waals surface area contributed by atoms with Crippen LogP contribution in [-0.4, -0.2) is 14.4 Å². The molecule has 0 bridgehead atoms. The molecule has 3 aromatic rings. The molecular weight excluding hydrogens is 234 g/mol. The van der Waals surface area contributed by atoms with Gasteiger partial charge in [0.25, 0.3) is 0 Å². The molecule has 2 heterocycles. The van der Waals surface area contributed by atoms with Crippen molar-refractivity contribution in [2.24, 2.45) is 0 Å². The van der Waals surface area contributed by atoms with Crippen LogP contribution in [0.2, 0.25) is 0 Å². The van der Waals surface area contributed by atoms with E-state index in [2.05, 4.69) is 53.9 Å². The average Bonchev–Trinajstić information content (AvgIpc) is 2.83. The maximum absolute atomic E-state index is 4.27. The Bertz CT molecular complexity index is 803. The van der Waals surface area contributed by atoms with Crippen LogP contribution in [0, 0.1) is 25.7 Å². The maximum atomic E-state index is 4.27. The van der Waals surface area contributed by atoms with E-state index in [1.807, 2.05) is 10.6 Å². The molecule has 0 saturated carbocycles. The van der Waals surface area contributed by atoms with Crippen LogP contribution in [0.5, 0.6) is 0 Å². The standard InChI is InChI=1S/C16H13N3/c1-12-3-4-13(2)14(9-12)5-6-15-10-18-16-11-17-7-8-19(15)16/h3-4,7-11H,1-2H3. The van der Waals surface area contributed by atoms with Crippen LogP contribution >= 0.6 is 0 Å². The van der Waals surface area contributed by atoms with E-state index in [0.29, 0.717) is 0 Å². The Balaban J connectivity index is 2.06. The van der Waals surface area contributed by atoms with Gasteiger partial charge >= 0.3 is 0 Å². The summed E-state index contributed by atoms with van der Waals surface area (Å²) in [6.07, 6.45) is 7.10. The molecule has 92 valence electrons. The molecule has 0 amide bonds. The van der Waals surface area contributed by atoms with Crippen molar-refractivity contribution < 1.29 is 0 Å². The Morgan fingerprint density at radius 1 is 1.11 bits per heavy atom. The van der Waals surface area contributed by atoms with Gasteiger partial charge < -0.3 is 0 Å². The smallest absolute Gasteiger partial charge is 0.156 e. The number of aromatic nitrogens is 3. The van der Waals surface area contributed by atoms with E-state index in [0.717, 1.165) is 16.9 Å². The normalized spacial score (nSPS) is 10.2. The molecule has 3 heteroatoms. The predicted molar refractivity (Wildman–Crippen MR) is 74.9 cm³/mol. The summed E-state index contributed by atoms with van der Waals surface area (Å²) in [5, 5.41) is 0. The molecule has 0 saturated heterocycles. The summed E-state index contributed by atoms with van der Waals surface area (Å²) >= 11 is 0. The molecule has 1 aromatic carbocycles. The minimum Gasteiger partial charge on any atom is -0.290 e. The first-order valence-corrected chi connectivity index (χ1v) is 6.10. The van der Waals surface area contributed by atoms with Crippen LogP contribution in [0.25, 0.3) is 5.65 Å². The maximum Gasteiger partial charge on any atom is 0.156 e. The van der Waals surface area contributed by atoms with Crippen molar-refractivity contribution in [3.63, 3.8) is 0 Å². The molecule has 0 N–H and O–H groups in total. The highest BCUT2D eigenvalue weighted by Crippen LogP contribution is 2.10. The molecule has 0 aliphatic carbocycles. The molecule has 0 fully saturated rings. The van der Waals surface area contributed by atoms with Crippen molar-refractivity contribution in [3.05, 3.63) is 65.4 Å². The quantitative estimate of drug-likeness (QED) is 0.572. The summed E-state index contributed by atoms with van der Waals surface area (Å²) in [5.74, 6) is 6.39. The van der Waals surface area contributed by atoms with Crippen LogP contribution < -0.4 is 0 Å². The minimum absolute atomic E-state index is 0.813. The van der Waals surface area contributed by atoms with E-state index in [1.165, 1.54) is 11.1 Å². The second-order valence-electron chi connectivity index (χ2n) is 4.52. The van der Waals surface area contributed by atoms with E-state index in [4.69, 9.17) is 0 Å². The summed E-state index contributed by atoms with van der Waals surface area (Å²) < 4.78 is 1.94. The van der Waals surface area contributed by atoms with Gasteiger partial charge in [0.2, 0.25) is 0 Å². The van der Waals surface area contributed by atoms with Crippen molar-refractivity contribution in [1.29, 1.82) is 0 Å². The summed E-state index contributed by atoms with van der Waals surface area (Å²) in [4.78, 5) is 8.31. The van der Waals surface area contributed by atoms with Gasteiger partial charge in [0.1, 0.15) is 5.69 Å². The lowest BCUT2D eigenvalue weighted by molar-refractivity contribution is 1.11. The molecule has 3 nitrogen and oxygen atoms in total. The highest BCUT2D eigenvalue weighted by molar-refractivity contribution is 5.48. The van der Waals surface area contributed by atoms with Gasteiger partial charge in [-0.15, -0.1) is 0 Å². The van der Waals surface area contributed by atoms with Crippen molar-refractivity contribution in [3.8, 4) is 11.8 Å². The number of aryl methyl sites for hydroxylation is 2. The molecule has 0 radical (unpaired) electrons. The third-order valence-corrected chi connectivity index (χ3v) is 3.04. The zero-order valence-corrected chi connectivity index (χ0v) is 10.9. The lowest BCUT2D eigenvalue weighted by Crippen LogP contribution is -1.88. The molecule has 19 heavy (non-hydrogen) atoms. The monoisotopic (exact) mass is 247 g/mol. The average molecular weight is 247 g/mol. The van der Waals surface area contributed by atoms with E-state index in [-0.39, 0.29) is 0 Å². The lowest BCUT2D eigenvalue weighted by Gasteiger charge is -1.99. The van der Waals surface area contributed by atoms with E-state index in [9.17, 15) is 0 Å². The molecule has 0 unspecified atom stereocenters. The van der Waals surface area contributed by atoms with Gasteiger partial charge in [-0.25, -0.2) is 4.98 Å². The molecular formula is C16H13N3. The molecule has 0 aliphatic heterocycles. The van der Waals surface area contributed by atoms with Gasteiger partial charge in [0.05, 0.1) is 12.4 Å². The zero-order chi connectivity index (χ0) is 13.2. The van der Waals surface area contributed by atoms with Gasteiger partial charge in [-0.05, 0) is 37.0 Å². The summed E-state index contributed by atoms with van der Waals surface area (Å²) in [5.41, 5.74) is 5.15. The first-order chi connectivity index (χ1) is 9.24. The van der Waals surface area contributed by atoms with Crippen LogP contribution in [0.4, 0.5) is 0 Å². The Hall–Kier alpha value is -2.60. The first kappa shape index (κ1) is 11.5. The van der Waals surface area contributed by atoms with Gasteiger partial charge in [0, 0.05) is 18.0 Å². The summed E-state index contributed by atoms with van der Waals surface area (Å²) in [6, 6.07) is 6.30. The number of hydrogen-bond acceptors (Lipinski definition) is 2. The third kappa shape index (κ3) is 2.21. The Kier molecular flexibility index (Phi) is 2.77. The van der Waals surface area contributed by atoms with Gasteiger partial charge in [-0.3, -0.25) is 9.38 Å². The topological polar surface area (TPSA) is 30.2 Å². The number of rotatable bonds is 0. The van der Waals surface area contributed by atoms with E-state index in [1.54, 1.807) is 18.6 Å². The van der Waals surface area contributed by atoms with Crippen LogP contribution in [0.1, 0.15) is 22.4 Å². The van der Waals surface area contributed by atoms with Crippen LogP contribution in [-0.2, 0) is 0 Å². The fourth-order valence-electron chi connectivity index (χ4n) is 1.94. The molecule has 0 aliphatic rings. The van der Waals surface area contributed by atoms with Crippen molar-refractivity contribution >= 4 is 5.65 Å². The predicted octanol–water partition coefficient (Wildman–Crippen LogP) is 2.75. The highest BCUT2D eigenvalue weighted by atomic mass is 15.0. The molecule has 0 atom stereocenters. The minimum atomic E-state index is 0.813. The van der Waals surface area contributed by atoms with Crippen molar-refractivity contribution in [2.45, 2.75) is 13.8 Å². The second-order valence-corrected chi connectivity index (χ2v) is 4.52. The van der Waals surface area contributed by atoms with E-state index >= 15 is 0 Å². The van der Waals surface area contributed by atoms with Crippen LogP contribution in [0.15, 0.2) is 43.0 Å². The van der Waals surface area contributed by atoms with Gasteiger partial charge in [-0.1, -0.05) is 18.1 Å². The third-order valence-electron chi connectivity index (χ3n) is 3.04. The number of fused-ring (bicyclic) bond motifs is 1. The number of imidazole rings is 1. The fraction of sp³-hybridized carbons (Fsp3) is 0.125. The SMILES string of the molecule is Cc1ccc(C)c(C#Cc2cnc3cnccn23)c1. The summed E-state index contributed by atoms with van der Waals surface area (Å²) in [6.45, 7) is 4.15. The Labute approximate surface area is 112 Å². The number of hydrogen-bond donors (Lipinski definition) is 0. The second kappa shape index (κ2) is 4.58. The Morgan fingerprint density at radius 2 is 2.00 bits per heavy atom. The fourth-order valence-corrected chi connectivity index (χ4v) is 1.94. The molecule has 3 rings (SSSR count). The van der Waals surface area contributed by atoms with E-state index < -0.39 is 0 Å². The van der Waals surface area contributed by atoms with Crippen LogP contribution in [0.3, 0.4) is 0 Å².